The zero-order valence-electron chi connectivity index (χ0n) is 9.41. The molecule has 19 heavy (non-hydrogen) atoms. The van der Waals surface area contributed by atoms with Crippen molar-refractivity contribution in [3.8, 4) is 11.6 Å². The number of hydrogen-bond acceptors (Lipinski definition) is 7. The average Bonchev–Trinajstić information content (AvgIpc) is 2.41. The van der Waals surface area contributed by atoms with Gasteiger partial charge in [-0.2, -0.15) is 4.98 Å². The highest BCUT2D eigenvalue weighted by atomic mass is 127. The summed E-state index contributed by atoms with van der Waals surface area (Å²) in [4.78, 5) is 17.8. The summed E-state index contributed by atoms with van der Waals surface area (Å²) in [7, 11) is 0. The van der Waals surface area contributed by atoms with Gasteiger partial charge >= 0.3 is 11.6 Å². The van der Waals surface area contributed by atoms with Gasteiger partial charge in [0.1, 0.15) is 11.9 Å². The number of para-hydroxylation sites is 1. The summed E-state index contributed by atoms with van der Waals surface area (Å²) in [5.41, 5.74) is 1.87. The zero-order chi connectivity index (χ0) is 13.8. The molecular formula is C10H8IN5O3. The molecule has 0 atom stereocenters. The van der Waals surface area contributed by atoms with Gasteiger partial charge in [-0.05, 0) is 34.7 Å². The third kappa shape index (κ3) is 3.06. The third-order valence-electron chi connectivity index (χ3n) is 2.10. The molecule has 2 rings (SSSR count). The van der Waals surface area contributed by atoms with Crippen molar-refractivity contribution >= 4 is 34.2 Å². The first-order valence-electron chi connectivity index (χ1n) is 5.02. The van der Waals surface area contributed by atoms with E-state index >= 15 is 0 Å². The van der Waals surface area contributed by atoms with Crippen LogP contribution < -0.4 is 16.0 Å². The third-order valence-corrected chi connectivity index (χ3v) is 3.00. The van der Waals surface area contributed by atoms with E-state index in [4.69, 9.17) is 10.6 Å². The van der Waals surface area contributed by atoms with Crippen LogP contribution in [-0.2, 0) is 0 Å². The van der Waals surface area contributed by atoms with E-state index in [0.29, 0.717) is 5.75 Å². The first-order chi connectivity index (χ1) is 9.11. The Bertz CT molecular complexity index is 622. The second kappa shape index (κ2) is 5.75. The molecule has 1 heterocycles. The molecule has 0 aliphatic carbocycles. The van der Waals surface area contributed by atoms with Crippen molar-refractivity contribution in [2.45, 2.75) is 0 Å². The first kappa shape index (κ1) is 13.4. The predicted molar refractivity (Wildman–Crippen MR) is 75.7 cm³/mol. The Morgan fingerprint density at radius 1 is 1.42 bits per heavy atom. The number of halogens is 1. The molecule has 0 fully saturated rings. The number of ether oxygens (including phenoxy) is 1. The molecule has 0 spiro atoms. The summed E-state index contributed by atoms with van der Waals surface area (Å²) in [6, 6.07) is 7.08. The Morgan fingerprint density at radius 3 is 2.79 bits per heavy atom. The SMILES string of the molecule is NNc1ncc([N+](=O)[O-])c(Oc2ccccc2I)n1. The number of hydrogen-bond donors (Lipinski definition) is 2. The molecule has 9 heteroatoms. The van der Waals surface area contributed by atoms with E-state index in [1.807, 2.05) is 12.1 Å². The molecule has 8 nitrogen and oxygen atoms in total. The van der Waals surface area contributed by atoms with Crippen LogP contribution in [-0.4, -0.2) is 14.9 Å². The second-order valence-electron chi connectivity index (χ2n) is 3.32. The summed E-state index contributed by atoms with van der Waals surface area (Å²) in [5, 5.41) is 10.9. The molecule has 2 aromatic rings. The second-order valence-corrected chi connectivity index (χ2v) is 4.48. The molecule has 1 aromatic carbocycles. The van der Waals surface area contributed by atoms with Crippen LogP contribution in [0.4, 0.5) is 11.6 Å². The number of benzene rings is 1. The van der Waals surface area contributed by atoms with E-state index in [2.05, 4.69) is 38.0 Å². The van der Waals surface area contributed by atoms with Crippen LogP contribution in [0, 0.1) is 13.7 Å². The van der Waals surface area contributed by atoms with Gasteiger partial charge in [-0.25, -0.2) is 10.8 Å². The summed E-state index contributed by atoms with van der Waals surface area (Å²) in [6.07, 6.45) is 1.04. The first-order valence-corrected chi connectivity index (χ1v) is 6.10. The highest BCUT2D eigenvalue weighted by Gasteiger charge is 2.20. The predicted octanol–water partition coefficient (Wildman–Crippen LogP) is 2.07. The lowest BCUT2D eigenvalue weighted by Gasteiger charge is -2.07. The minimum Gasteiger partial charge on any atom is -0.432 e. The lowest BCUT2D eigenvalue weighted by atomic mass is 10.3. The number of hydrazine groups is 1. The average molecular weight is 373 g/mol. The summed E-state index contributed by atoms with van der Waals surface area (Å²) in [6.45, 7) is 0. The van der Waals surface area contributed by atoms with E-state index in [9.17, 15) is 10.1 Å². The fourth-order valence-corrected chi connectivity index (χ4v) is 1.76. The van der Waals surface area contributed by atoms with Crippen LogP contribution in [0.25, 0.3) is 0 Å². The molecular weight excluding hydrogens is 365 g/mol. The Balaban J connectivity index is 2.43. The van der Waals surface area contributed by atoms with E-state index < -0.39 is 4.92 Å². The monoisotopic (exact) mass is 373 g/mol. The van der Waals surface area contributed by atoms with Gasteiger partial charge in [-0.15, -0.1) is 0 Å². The van der Waals surface area contributed by atoms with Crippen LogP contribution in [0.2, 0.25) is 0 Å². The number of nitrogens with two attached hydrogens (primary N) is 1. The number of rotatable bonds is 4. The van der Waals surface area contributed by atoms with E-state index in [1.54, 1.807) is 12.1 Å². The summed E-state index contributed by atoms with van der Waals surface area (Å²) >= 11 is 2.06. The van der Waals surface area contributed by atoms with Gasteiger partial charge in [0.15, 0.2) is 0 Å². The largest absolute Gasteiger partial charge is 0.432 e. The fourth-order valence-electron chi connectivity index (χ4n) is 1.26. The van der Waals surface area contributed by atoms with Crippen molar-refractivity contribution < 1.29 is 9.66 Å². The molecule has 0 unspecified atom stereocenters. The lowest BCUT2D eigenvalue weighted by Crippen LogP contribution is -2.11. The van der Waals surface area contributed by atoms with E-state index in [-0.39, 0.29) is 17.5 Å². The molecule has 0 saturated carbocycles. The molecule has 98 valence electrons. The normalized spacial score (nSPS) is 10.0. The van der Waals surface area contributed by atoms with Gasteiger partial charge in [0, 0.05) is 0 Å². The maximum atomic E-state index is 10.9. The maximum Gasteiger partial charge on any atom is 0.349 e. The Hall–Kier alpha value is -2.01. The van der Waals surface area contributed by atoms with Crippen molar-refractivity contribution in [2.75, 3.05) is 5.43 Å². The van der Waals surface area contributed by atoms with Crippen molar-refractivity contribution in [3.63, 3.8) is 0 Å². The topological polar surface area (TPSA) is 116 Å². The Kier molecular flexibility index (Phi) is 4.06. The molecule has 0 amide bonds. The standard InChI is InChI=1S/C10H8IN5O3/c11-6-3-1-2-4-8(6)19-9-7(16(17)18)5-13-10(14-9)15-12/h1-5H,12H2,(H,13,14,15). The quantitative estimate of drug-likeness (QED) is 0.365. The van der Waals surface area contributed by atoms with Gasteiger partial charge in [-0.3, -0.25) is 15.5 Å². The maximum absolute atomic E-state index is 10.9. The molecule has 0 saturated heterocycles. The zero-order valence-corrected chi connectivity index (χ0v) is 11.6. The van der Waals surface area contributed by atoms with Crippen molar-refractivity contribution in [1.29, 1.82) is 0 Å². The Labute approximate surface area is 121 Å². The van der Waals surface area contributed by atoms with Crippen molar-refractivity contribution in [1.82, 2.24) is 9.97 Å². The number of anilines is 1. The molecule has 3 N–H and O–H groups in total. The Morgan fingerprint density at radius 2 is 2.16 bits per heavy atom. The van der Waals surface area contributed by atoms with Crippen LogP contribution in [0.15, 0.2) is 30.5 Å². The number of nitrogens with one attached hydrogen (secondary N) is 1. The van der Waals surface area contributed by atoms with Gasteiger partial charge in [0.2, 0.25) is 5.95 Å². The van der Waals surface area contributed by atoms with E-state index in [1.165, 1.54) is 0 Å². The number of nitrogens with zero attached hydrogens (tertiary/aromatic N) is 3. The number of aromatic nitrogens is 2. The van der Waals surface area contributed by atoms with Gasteiger partial charge in [-0.1, -0.05) is 12.1 Å². The van der Waals surface area contributed by atoms with Gasteiger partial charge in [0.25, 0.3) is 0 Å². The minimum absolute atomic E-state index is 0.0338. The van der Waals surface area contributed by atoms with Crippen LogP contribution in [0.3, 0.4) is 0 Å². The smallest absolute Gasteiger partial charge is 0.349 e. The van der Waals surface area contributed by atoms with Gasteiger partial charge < -0.3 is 4.74 Å². The highest BCUT2D eigenvalue weighted by Crippen LogP contribution is 2.31. The lowest BCUT2D eigenvalue weighted by molar-refractivity contribution is -0.386. The van der Waals surface area contributed by atoms with Crippen LogP contribution in [0.1, 0.15) is 0 Å². The molecule has 0 aliphatic heterocycles. The van der Waals surface area contributed by atoms with Crippen LogP contribution in [0.5, 0.6) is 11.6 Å². The van der Waals surface area contributed by atoms with Crippen molar-refractivity contribution in [3.05, 3.63) is 44.1 Å². The fraction of sp³-hybridized carbons (Fsp3) is 0. The molecule has 0 radical (unpaired) electrons. The summed E-state index contributed by atoms with van der Waals surface area (Å²) in [5.74, 6) is 5.50. The van der Waals surface area contributed by atoms with Crippen LogP contribution >= 0.6 is 22.6 Å². The van der Waals surface area contributed by atoms with Crippen molar-refractivity contribution in [2.24, 2.45) is 5.84 Å². The van der Waals surface area contributed by atoms with Gasteiger partial charge in [0.05, 0.1) is 8.49 Å². The molecule has 0 aliphatic rings. The molecule has 1 aromatic heterocycles. The van der Waals surface area contributed by atoms with E-state index in [0.717, 1.165) is 9.77 Å². The number of nitrogen functional groups attached to an aromatic ring is 1. The number of nitro groups is 1. The highest BCUT2D eigenvalue weighted by molar-refractivity contribution is 14.1. The minimum atomic E-state index is -0.620. The molecule has 0 bridgehead atoms. The summed E-state index contributed by atoms with van der Waals surface area (Å²) < 4.78 is 6.25.